The van der Waals surface area contributed by atoms with Gasteiger partial charge in [0.25, 0.3) is 5.91 Å². The molecule has 14 heteroatoms. The van der Waals surface area contributed by atoms with Crippen LogP contribution in [0.3, 0.4) is 0 Å². The number of ether oxygens (including phenoxy) is 2. The van der Waals surface area contributed by atoms with E-state index in [1.54, 1.807) is 32.9 Å². The first-order valence-electron chi connectivity index (χ1n) is 17.8. The van der Waals surface area contributed by atoms with Crippen molar-refractivity contribution in [2.24, 2.45) is 11.8 Å². The van der Waals surface area contributed by atoms with E-state index in [4.69, 9.17) is 14.3 Å². The third-order valence-electron chi connectivity index (χ3n) is 9.97. The van der Waals surface area contributed by atoms with E-state index in [0.29, 0.717) is 42.9 Å². The van der Waals surface area contributed by atoms with Crippen LogP contribution in [0.5, 0.6) is 0 Å². The number of fused-ring (bicyclic) bond motifs is 3. The second-order valence-corrected chi connectivity index (χ2v) is 15.2. The molecule has 2 saturated carbocycles. The standard InChI is InChI=1S/C36H48FN5O8/c1-35(2,3)50-33(46)38-28-13-8-6-4-5-7-11-24-17-36(24,32(45)40-48-21-22-14-15-22)39-30(43)29-16-25(19-42(29)31(28)44)49-34(47)41-18-23-10-9-12-27(37)26(23)20-41/h7,9-12,22,24-25,28-29H,4-6,8,13-21H2,1-3H3,(H,38,46)(H,39,43)(H,40,45)/b11-7-/t24-,25+,28-,29-,36-/m0/s1. The van der Waals surface area contributed by atoms with Gasteiger partial charge in [0.2, 0.25) is 11.8 Å². The summed E-state index contributed by atoms with van der Waals surface area (Å²) in [4.78, 5) is 76.3. The lowest BCUT2D eigenvalue weighted by atomic mass is 10.0. The van der Waals surface area contributed by atoms with Crippen molar-refractivity contribution in [1.82, 2.24) is 25.9 Å². The highest BCUT2D eigenvalue weighted by molar-refractivity contribution is 5.98. The number of carbonyl (C=O) groups excluding carboxylic acids is 5. The zero-order valence-corrected chi connectivity index (χ0v) is 29.0. The number of amides is 5. The van der Waals surface area contributed by atoms with Gasteiger partial charge in [0, 0.05) is 24.4 Å². The highest BCUT2D eigenvalue weighted by Gasteiger charge is 2.61. The fourth-order valence-corrected chi connectivity index (χ4v) is 6.94. The fraction of sp³-hybridized carbons (Fsp3) is 0.639. The van der Waals surface area contributed by atoms with Gasteiger partial charge in [-0.1, -0.05) is 37.1 Å². The topological polar surface area (TPSA) is 156 Å². The number of halogens is 1. The summed E-state index contributed by atoms with van der Waals surface area (Å²) in [6, 6.07) is 2.57. The van der Waals surface area contributed by atoms with Gasteiger partial charge in [-0.2, -0.15) is 0 Å². The van der Waals surface area contributed by atoms with Gasteiger partial charge in [-0.05, 0) is 76.8 Å². The van der Waals surface area contributed by atoms with Crippen LogP contribution in [0.1, 0.15) is 89.7 Å². The molecule has 2 aliphatic carbocycles. The largest absolute Gasteiger partial charge is 0.444 e. The molecule has 0 bridgehead atoms. The van der Waals surface area contributed by atoms with Crippen LogP contribution in [0, 0.1) is 17.7 Å². The average Bonchev–Trinajstić information content (AvgIpc) is 3.90. The van der Waals surface area contributed by atoms with Crippen LogP contribution in [-0.2, 0) is 41.8 Å². The molecule has 0 aromatic heterocycles. The van der Waals surface area contributed by atoms with Crippen molar-refractivity contribution in [3.63, 3.8) is 0 Å². The molecule has 272 valence electrons. The lowest BCUT2D eigenvalue weighted by molar-refractivity contribution is -0.143. The Kier molecular flexibility index (Phi) is 10.4. The predicted molar refractivity (Wildman–Crippen MR) is 177 cm³/mol. The molecular formula is C36H48FN5O8. The molecule has 1 aromatic carbocycles. The summed E-state index contributed by atoms with van der Waals surface area (Å²) in [5.41, 5.74) is 1.58. The molecule has 0 unspecified atom stereocenters. The van der Waals surface area contributed by atoms with Crippen LogP contribution in [0.2, 0.25) is 0 Å². The van der Waals surface area contributed by atoms with Gasteiger partial charge in [-0.15, -0.1) is 0 Å². The zero-order chi connectivity index (χ0) is 35.6. The van der Waals surface area contributed by atoms with Crippen LogP contribution in [0.15, 0.2) is 30.4 Å². The molecule has 1 aromatic rings. The first-order chi connectivity index (χ1) is 23.8. The van der Waals surface area contributed by atoms with Gasteiger partial charge in [0.1, 0.15) is 35.1 Å². The maximum Gasteiger partial charge on any atom is 0.410 e. The monoisotopic (exact) mass is 697 g/mol. The summed E-state index contributed by atoms with van der Waals surface area (Å²) >= 11 is 0. The van der Waals surface area contributed by atoms with E-state index in [0.717, 1.165) is 32.1 Å². The Morgan fingerprint density at radius 3 is 2.62 bits per heavy atom. The first kappa shape index (κ1) is 35.6. The Balaban J connectivity index is 1.22. The Bertz CT molecular complexity index is 1530. The molecule has 6 rings (SSSR count). The van der Waals surface area contributed by atoms with Gasteiger partial charge in [0.15, 0.2) is 0 Å². The summed E-state index contributed by atoms with van der Waals surface area (Å²) in [6.07, 6.45) is 7.37. The number of nitrogens with zero attached hydrogens (tertiary/aromatic N) is 2. The Morgan fingerprint density at radius 1 is 1.08 bits per heavy atom. The lowest BCUT2D eigenvalue weighted by Crippen LogP contribution is -2.58. The van der Waals surface area contributed by atoms with Crippen molar-refractivity contribution in [1.29, 1.82) is 0 Å². The molecule has 50 heavy (non-hydrogen) atoms. The number of hydrogen-bond acceptors (Lipinski definition) is 8. The number of benzene rings is 1. The van der Waals surface area contributed by atoms with Crippen LogP contribution >= 0.6 is 0 Å². The third kappa shape index (κ3) is 8.39. The first-order valence-corrected chi connectivity index (χ1v) is 17.8. The zero-order valence-electron chi connectivity index (χ0n) is 29.0. The molecule has 5 aliphatic rings. The third-order valence-corrected chi connectivity index (χ3v) is 9.97. The average molecular weight is 698 g/mol. The van der Waals surface area contributed by atoms with Crippen LogP contribution in [-0.4, -0.2) is 82.2 Å². The van der Waals surface area contributed by atoms with Crippen molar-refractivity contribution in [3.05, 3.63) is 47.3 Å². The van der Waals surface area contributed by atoms with Gasteiger partial charge in [-0.25, -0.2) is 19.5 Å². The number of allylic oxidation sites excluding steroid dienone is 1. The van der Waals surface area contributed by atoms with Crippen LogP contribution in [0.4, 0.5) is 14.0 Å². The summed E-state index contributed by atoms with van der Waals surface area (Å²) in [5, 5.41) is 5.65. The molecule has 3 heterocycles. The fourth-order valence-electron chi connectivity index (χ4n) is 6.94. The minimum Gasteiger partial charge on any atom is -0.444 e. The normalized spacial score (nSPS) is 29.0. The van der Waals surface area contributed by atoms with Gasteiger partial charge < -0.3 is 25.0 Å². The van der Waals surface area contributed by atoms with E-state index >= 15 is 0 Å². The lowest BCUT2D eigenvalue weighted by Gasteiger charge is -2.30. The van der Waals surface area contributed by atoms with E-state index in [-0.39, 0.29) is 32.0 Å². The number of carbonyl (C=O) groups is 5. The minimum absolute atomic E-state index is 0.0337. The van der Waals surface area contributed by atoms with Crippen molar-refractivity contribution in [2.45, 2.75) is 121 Å². The van der Waals surface area contributed by atoms with E-state index in [9.17, 15) is 28.4 Å². The van der Waals surface area contributed by atoms with Crippen molar-refractivity contribution in [2.75, 3.05) is 13.2 Å². The SMILES string of the molecule is CC(C)(C)OC(=O)N[C@H]1CCCCC/C=C\[C@H]2C[C@]2(C(=O)NOCC2CC2)NC(=O)[C@@H]2C[C@@H](OC(=O)N3Cc4cccc(F)c4C3)CN2C1=O. The molecule has 3 aliphatic heterocycles. The molecule has 3 fully saturated rings. The predicted octanol–water partition coefficient (Wildman–Crippen LogP) is 3.99. The van der Waals surface area contributed by atoms with Gasteiger partial charge in [0.05, 0.1) is 19.7 Å². The number of rotatable bonds is 6. The second kappa shape index (κ2) is 14.6. The maximum absolute atomic E-state index is 14.4. The van der Waals surface area contributed by atoms with Crippen LogP contribution < -0.4 is 16.1 Å². The molecule has 5 atom stereocenters. The summed E-state index contributed by atoms with van der Waals surface area (Å²) in [7, 11) is 0. The smallest absolute Gasteiger partial charge is 0.410 e. The number of hydroxylamine groups is 1. The Morgan fingerprint density at radius 2 is 1.88 bits per heavy atom. The van der Waals surface area contributed by atoms with Crippen molar-refractivity contribution in [3.8, 4) is 0 Å². The molecule has 1 saturated heterocycles. The highest BCUT2D eigenvalue weighted by Crippen LogP contribution is 2.45. The van der Waals surface area contributed by atoms with Crippen LogP contribution in [0.25, 0.3) is 0 Å². The van der Waals surface area contributed by atoms with E-state index in [1.165, 1.54) is 15.9 Å². The minimum atomic E-state index is -1.26. The van der Waals surface area contributed by atoms with E-state index < -0.39 is 65.1 Å². The van der Waals surface area contributed by atoms with Gasteiger partial charge >= 0.3 is 12.2 Å². The summed E-state index contributed by atoms with van der Waals surface area (Å²) in [5.74, 6) is -1.81. The van der Waals surface area contributed by atoms with Crippen molar-refractivity contribution >= 4 is 29.9 Å². The van der Waals surface area contributed by atoms with Crippen molar-refractivity contribution < 1.29 is 42.7 Å². The number of alkyl carbamates (subject to hydrolysis) is 1. The van der Waals surface area contributed by atoms with E-state index in [2.05, 4.69) is 16.1 Å². The quantitative estimate of drug-likeness (QED) is 0.298. The molecule has 5 amide bonds. The number of hydrogen-bond donors (Lipinski definition) is 3. The molecule has 3 N–H and O–H groups in total. The summed E-state index contributed by atoms with van der Waals surface area (Å²) < 4.78 is 25.7. The number of nitrogens with one attached hydrogen (secondary N) is 3. The molecule has 0 spiro atoms. The Hall–Kier alpha value is -4.20. The molecule has 13 nitrogen and oxygen atoms in total. The molecule has 0 radical (unpaired) electrons. The second-order valence-electron chi connectivity index (χ2n) is 15.2. The Labute approximate surface area is 291 Å². The summed E-state index contributed by atoms with van der Waals surface area (Å²) in [6.45, 7) is 5.66. The maximum atomic E-state index is 14.4. The van der Waals surface area contributed by atoms with Gasteiger partial charge in [-0.3, -0.25) is 24.1 Å². The van der Waals surface area contributed by atoms with E-state index in [1.807, 2.05) is 12.2 Å². The molecular weight excluding hydrogens is 649 g/mol. The highest BCUT2D eigenvalue weighted by atomic mass is 19.1.